The van der Waals surface area contributed by atoms with E-state index < -0.39 is 23.4 Å². The summed E-state index contributed by atoms with van der Waals surface area (Å²) in [5.74, 6) is -1.29. The van der Waals surface area contributed by atoms with Crippen LogP contribution in [0.4, 0.5) is 25.1 Å². The lowest BCUT2D eigenvalue weighted by Gasteiger charge is -2.30. The highest BCUT2D eigenvalue weighted by atomic mass is 19.2. The van der Waals surface area contributed by atoms with Crippen LogP contribution in [0.2, 0.25) is 0 Å². The molecule has 5 heterocycles. The second kappa shape index (κ2) is 11.9. The van der Waals surface area contributed by atoms with Crippen LogP contribution in [-0.2, 0) is 4.74 Å². The van der Waals surface area contributed by atoms with Crippen molar-refractivity contribution >= 4 is 11.9 Å². The monoisotopic (exact) mass is 559 g/mol. The molecule has 3 aliphatic rings. The summed E-state index contributed by atoms with van der Waals surface area (Å²) in [5.41, 5.74) is 0.119. The Bertz CT molecular complexity index is 1280. The molecule has 3 fully saturated rings. The number of ether oxygens (including phenoxy) is 2. The molecule has 11 nitrogen and oxygen atoms in total. The number of hydrogen-bond acceptors (Lipinski definition) is 10. The van der Waals surface area contributed by atoms with Gasteiger partial charge in [0.1, 0.15) is 5.82 Å². The molecule has 0 aliphatic carbocycles. The number of piperidine rings is 1. The summed E-state index contributed by atoms with van der Waals surface area (Å²) in [5, 5.41) is 19.3. The first-order valence-corrected chi connectivity index (χ1v) is 13.7. The molecule has 0 saturated carbocycles. The van der Waals surface area contributed by atoms with E-state index >= 15 is 0 Å². The van der Waals surface area contributed by atoms with Crippen LogP contribution in [0.3, 0.4) is 0 Å². The van der Waals surface area contributed by atoms with Crippen LogP contribution < -0.4 is 20.3 Å². The highest BCUT2D eigenvalue weighted by molar-refractivity contribution is 5.35. The van der Waals surface area contributed by atoms with Crippen molar-refractivity contribution in [1.29, 1.82) is 0 Å². The normalized spacial score (nSPS) is 23.6. The lowest BCUT2D eigenvalue weighted by Crippen LogP contribution is -2.35. The first kappa shape index (κ1) is 26.7. The van der Waals surface area contributed by atoms with Gasteiger partial charge in [0, 0.05) is 50.8 Å². The van der Waals surface area contributed by atoms with E-state index in [1.165, 1.54) is 0 Å². The number of nitrogens with one attached hydrogen (secondary N) is 2. The summed E-state index contributed by atoms with van der Waals surface area (Å²) in [6.07, 6.45) is 7.08. The Morgan fingerprint density at radius 2 is 1.82 bits per heavy atom. The Morgan fingerprint density at radius 1 is 1.02 bits per heavy atom. The van der Waals surface area contributed by atoms with Crippen molar-refractivity contribution in [1.82, 2.24) is 35.5 Å². The topological polar surface area (TPSA) is 115 Å². The van der Waals surface area contributed by atoms with Crippen molar-refractivity contribution in [2.45, 2.75) is 43.7 Å². The van der Waals surface area contributed by atoms with E-state index in [1.807, 2.05) is 0 Å². The maximum atomic E-state index is 14.3. The van der Waals surface area contributed by atoms with Crippen LogP contribution >= 0.6 is 0 Å². The summed E-state index contributed by atoms with van der Waals surface area (Å²) in [7, 11) is 0. The zero-order chi connectivity index (χ0) is 27.5. The molecule has 0 amide bonds. The van der Waals surface area contributed by atoms with E-state index in [0.717, 1.165) is 51.4 Å². The maximum Gasteiger partial charge on any atom is 0.266 e. The van der Waals surface area contributed by atoms with Crippen molar-refractivity contribution < 1.29 is 22.6 Å². The summed E-state index contributed by atoms with van der Waals surface area (Å²) in [4.78, 5) is 12.5. The number of halogens is 3. The zero-order valence-corrected chi connectivity index (χ0v) is 22.0. The van der Waals surface area contributed by atoms with Gasteiger partial charge in [0.05, 0.1) is 31.6 Å². The molecule has 3 aromatic rings. The van der Waals surface area contributed by atoms with E-state index in [2.05, 4.69) is 40.9 Å². The fourth-order valence-corrected chi connectivity index (χ4v) is 5.58. The summed E-state index contributed by atoms with van der Waals surface area (Å²) >= 11 is 0. The molecule has 6 rings (SSSR count). The number of benzene rings is 1. The number of nitrogens with zero attached hydrogens (tertiary/aromatic N) is 7. The van der Waals surface area contributed by atoms with E-state index in [4.69, 9.17) is 9.47 Å². The van der Waals surface area contributed by atoms with Crippen LogP contribution in [0, 0.1) is 23.4 Å². The predicted molar refractivity (Wildman–Crippen MR) is 139 cm³/mol. The fourth-order valence-electron chi connectivity index (χ4n) is 5.58. The van der Waals surface area contributed by atoms with Crippen LogP contribution in [0.5, 0.6) is 5.75 Å². The van der Waals surface area contributed by atoms with Gasteiger partial charge < -0.3 is 25.0 Å². The van der Waals surface area contributed by atoms with Crippen molar-refractivity contribution in [3.8, 4) is 5.75 Å². The average Bonchev–Trinajstić information content (AvgIpc) is 3.75. The van der Waals surface area contributed by atoms with E-state index in [9.17, 15) is 13.2 Å². The molecule has 3 saturated heterocycles. The minimum absolute atomic E-state index is 0.119. The van der Waals surface area contributed by atoms with Crippen molar-refractivity contribution in [3.05, 3.63) is 47.5 Å². The first-order valence-electron chi connectivity index (χ1n) is 13.7. The standard InChI is InChI=1S/C26H32F3N9O2/c27-21-10-23(29)22(28)9-19(21)20-13-30-14-24(20)33-25-31-11-18(12-32-25)40-8-3-16-1-5-37(6-2-16)26-34-36-38(35-26)17-4-7-39-15-17/h9-12,16-17,20,24,30H,1-8,13-15H2,(H,31,32,33). The van der Waals surface area contributed by atoms with Gasteiger partial charge in [-0.2, -0.15) is 4.80 Å². The van der Waals surface area contributed by atoms with Gasteiger partial charge in [0.25, 0.3) is 5.95 Å². The van der Waals surface area contributed by atoms with Gasteiger partial charge in [-0.25, -0.2) is 23.1 Å². The summed E-state index contributed by atoms with van der Waals surface area (Å²) in [6, 6.07) is 1.41. The van der Waals surface area contributed by atoms with Crippen LogP contribution in [0.15, 0.2) is 24.5 Å². The van der Waals surface area contributed by atoms with Gasteiger partial charge in [0.2, 0.25) is 5.95 Å². The predicted octanol–water partition coefficient (Wildman–Crippen LogP) is 2.69. The molecule has 3 aliphatic heterocycles. The third-order valence-corrected chi connectivity index (χ3v) is 7.94. The van der Waals surface area contributed by atoms with Crippen molar-refractivity contribution in [3.63, 3.8) is 0 Å². The van der Waals surface area contributed by atoms with E-state index in [0.29, 0.717) is 55.9 Å². The van der Waals surface area contributed by atoms with Crippen molar-refractivity contribution in [2.75, 3.05) is 56.2 Å². The molecular weight excluding hydrogens is 527 g/mol. The van der Waals surface area contributed by atoms with Gasteiger partial charge in [-0.1, -0.05) is 5.10 Å². The number of aromatic nitrogens is 6. The van der Waals surface area contributed by atoms with Gasteiger partial charge >= 0.3 is 0 Å². The minimum Gasteiger partial charge on any atom is -0.490 e. The third-order valence-electron chi connectivity index (χ3n) is 7.94. The highest BCUT2D eigenvalue weighted by Crippen LogP contribution is 2.29. The maximum absolute atomic E-state index is 14.3. The number of anilines is 2. The smallest absolute Gasteiger partial charge is 0.266 e. The molecule has 3 unspecified atom stereocenters. The largest absolute Gasteiger partial charge is 0.490 e. The van der Waals surface area contributed by atoms with Gasteiger partial charge in [-0.15, -0.1) is 5.10 Å². The molecule has 2 N–H and O–H groups in total. The SMILES string of the molecule is Fc1cc(F)c(C2CNCC2Nc2ncc(OCCC3CCN(c4nnn(C5CCOC5)n4)CC3)cn2)cc1F. The number of tetrazole rings is 1. The number of rotatable bonds is 9. The summed E-state index contributed by atoms with van der Waals surface area (Å²) in [6.45, 7) is 4.63. The van der Waals surface area contributed by atoms with Crippen LogP contribution in [0.1, 0.15) is 43.2 Å². The minimum atomic E-state index is -1.20. The molecule has 3 atom stereocenters. The molecule has 40 heavy (non-hydrogen) atoms. The second-order valence-corrected chi connectivity index (χ2v) is 10.5. The highest BCUT2D eigenvalue weighted by Gasteiger charge is 2.32. The van der Waals surface area contributed by atoms with Gasteiger partial charge in [-0.05, 0) is 48.4 Å². The van der Waals surface area contributed by atoms with E-state index in [-0.39, 0.29) is 17.6 Å². The third kappa shape index (κ3) is 5.97. The lowest BCUT2D eigenvalue weighted by molar-refractivity contribution is 0.181. The molecule has 14 heteroatoms. The second-order valence-electron chi connectivity index (χ2n) is 10.5. The van der Waals surface area contributed by atoms with Crippen molar-refractivity contribution in [2.24, 2.45) is 5.92 Å². The molecule has 214 valence electrons. The van der Waals surface area contributed by atoms with E-state index in [1.54, 1.807) is 17.2 Å². The summed E-state index contributed by atoms with van der Waals surface area (Å²) < 4.78 is 52.7. The fraction of sp³-hybridized carbons (Fsp3) is 0.577. The molecule has 2 aromatic heterocycles. The number of hydrogen-bond donors (Lipinski definition) is 2. The molecule has 1 aromatic carbocycles. The Kier molecular flexibility index (Phi) is 7.96. The Balaban J connectivity index is 0.943. The van der Waals surface area contributed by atoms with Gasteiger partial charge in [-0.3, -0.25) is 0 Å². The van der Waals surface area contributed by atoms with Gasteiger partial charge in [0.15, 0.2) is 17.4 Å². The Labute approximate surface area is 229 Å². The van der Waals surface area contributed by atoms with Crippen LogP contribution in [0.25, 0.3) is 0 Å². The molecule has 0 spiro atoms. The average molecular weight is 560 g/mol. The zero-order valence-electron chi connectivity index (χ0n) is 22.0. The van der Waals surface area contributed by atoms with Crippen LogP contribution in [-0.4, -0.2) is 82.2 Å². The first-order chi connectivity index (χ1) is 19.5. The molecule has 0 radical (unpaired) electrons. The Hall–Kier alpha value is -3.52. The lowest BCUT2D eigenvalue weighted by atomic mass is 9.93. The molecular formula is C26H32F3N9O2. The molecule has 0 bridgehead atoms. The quantitative estimate of drug-likeness (QED) is 0.379. The Morgan fingerprint density at radius 3 is 2.60 bits per heavy atom.